The Morgan fingerprint density at radius 3 is 2.86 bits per heavy atom. The van der Waals surface area contributed by atoms with Gasteiger partial charge in [-0.05, 0) is 38.3 Å². The number of fused-ring (bicyclic) bond motifs is 1. The monoisotopic (exact) mass is 384 g/mol. The lowest BCUT2D eigenvalue weighted by Gasteiger charge is -2.33. The van der Waals surface area contributed by atoms with E-state index in [4.69, 9.17) is 0 Å². The highest BCUT2D eigenvalue weighted by atomic mass is 16.2. The Hall–Kier alpha value is -2.90. The maximum Gasteiger partial charge on any atom is 0.315 e. The molecule has 2 amide bonds. The van der Waals surface area contributed by atoms with Crippen molar-refractivity contribution in [3.63, 3.8) is 0 Å². The molecule has 1 unspecified atom stereocenters. The van der Waals surface area contributed by atoms with Crippen LogP contribution in [-0.4, -0.2) is 45.7 Å². The number of rotatable bonds is 6. The van der Waals surface area contributed by atoms with Gasteiger partial charge in [0.1, 0.15) is 5.52 Å². The van der Waals surface area contributed by atoms with E-state index in [2.05, 4.69) is 27.2 Å². The molecule has 0 saturated carbocycles. The molecule has 0 radical (unpaired) electrons. The summed E-state index contributed by atoms with van der Waals surface area (Å²) in [6, 6.07) is 3.79. The lowest BCUT2D eigenvalue weighted by molar-refractivity contribution is 0.231. The molecule has 8 heteroatoms. The van der Waals surface area contributed by atoms with E-state index >= 15 is 0 Å². The summed E-state index contributed by atoms with van der Waals surface area (Å²) in [4.78, 5) is 35.9. The number of pyridine rings is 1. The number of anilines is 1. The van der Waals surface area contributed by atoms with Crippen molar-refractivity contribution in [1.29, 1.82) is 0 Å². The Balaban J connectivity index is 1.73. The first-order valence-electron chi connectivity index (χ1n) is 9.82. The number of urea groups is 1. The molecule has 1 saturated heterocycles. The Bertz CT molecular complexity index is 901. The maximum atomic E-state index is 13.0. The normalized spacial score (nSPS) is 16.0. The van der Waals surface area contributed by atoms with Gasteiger partial charge in [0.05, 0.1) is 0 Å². The van der Waals surface area contributed by atoms with Crippen molar-refractivity contribution in [3.8, 4) is 0 Å². The van der Waals surface area contributed by atoms with Crippen LogP contribution in [0.1, 0.15) is 33.1 Å². The number of aromatic nitrogens is 3. The van der Waals surface area contributed by atoms with Gasteiger partial charge in [0.25, 0.3) is 5.56 Å². The summed E-state index contributed by atoms with van der Waals surface area (Å²) < 4.78 is 1.61. The Labute approximate surface area is 164 Å². The predicted molar refractivity (Wildman–Crippen MR) is 111 cm³/mol. The van der Waals surface area contributed by atoms with Gasteiger partial charge in [-0.3, -0.25) is 9.36 Å². The Morgan fingerprint density at radius 1 is 1.43 bits per heavy atom. The van der Waals surface area contributed by atoms with Gasteiger partial charge in [-0.1, -0.05) is 13.0 Å². The van der Waals surface area contributed by atoms with Gasteiger partial charge in [-0.2, -0.15) is 0 Å². The van der Waals surface area contributed by atoms with Crippen LogP contribution in [0.4, 0.5) is 10.6 Å². The molecular formula is C20H28N6O2. The summed E-state index contributed by atoms with van der Waals surface area (Å²) in [6.45, 7) is 9.47. The molecule has 0 aliphatic carbocycles. The van der Waals surface area contributed by atoms with Crippen LogP contribution >= 0.6 is 0 Å². The van der Waals surface area contributed by atoms with Gasteiger partial charge in [0.15, 0.2) is 11.5 Å². The highest BCUT2D eigenvalue weighted by Gasteiger charge is 2.24. The van der Waals surface area contributed by atoms with Crippen molar-refractivity contribution in [1.82, 2.24) is 25.2 Å². The van der Waals surface area contributed by atoms with E-state index in [1.54, 1.807) is 16.8 Å². The second kappa shape index (κ2) is 8.86. The summed E-state index contributed by atoms with van der Waals surface area (Å²) in [5.41, 5.74) is 1.09. The molecule has 2 aromatic rings. The number of allylic oxidation sites excluding steroid dienone is 1. The van der Waals surface area contributed by atoms with Crippen molar-refractivity contribution in [2.75, 3.05) is 18.0 Å². The standard InChI is InChI=1S/C20H28N6O2/c1-4-11-26-17-16(7-6-10-21-17)24-18(19(26)27)25-12-8-15(9-13-25)23-20(28)22-14(3)5-2/h4,6-7,10,14-15H,1,5,8-9,11-13H2,2-3H3,(H2,22,23,28). The summed E-state index contributed by atoms with van der Waals surface area (Å²) >= 11 is 0. The minimum Gasteiger partial charge on any atom is -0.352 e. The van der Waals surface area contributed by atoms with E-state index in [0.29, 0.717) is 36.6 Å². The van der Waals surface area contributed by atoms with Crippen molar-refractivity contribution < 1.29 is 4.79 Å². The fourth-order valence-corrected chi connectivity index (χ4v) is 3.36. The molecule has 2 N–H and O–H groups in total. The number of amides is 2. The summed E-state index contributed by atoms with van der Waals surface area (Å²) in [5.74, 6) is 0.435. The molecule has 2 aromatic heterocycles. The molecule has 1 aliphatic rings. The van der Waals surface area contributed by atoms with Crippen LogP contribution in [0.2, 0.25) is 0 Å². The van der Waals surface area contributed by atoms with E-state index in [-0.39, 0.29) is 23.7 Å². The lowest BCUT2D eigenvalue weighted by atomic mass is 10.1. The number of piperidine rings is 1. The third kappa shape index (κ3) is 4.32. The van der Waals surface area contributed by atoms with Crippen molar-refractivity contribution in [2.24, 2.45) is 0 Å². The quantitative estimate of drug-likeness (QED) is 0.744. The van der Waals surface area contributed by atoms with Gasteiger partial charge < -0.3 is 15.5 Å². The third-order valence-electron chi connectivity index (χ3n) is 5.12. The maximum absolute atomic E-state index is 13.0. The minimum absolute atomic E-state index is 0.0952. The zero-order valence-electron chi connectivity index (χ0n) is 16.5. The van der Waals surface area contributed by atoms with E-state index in [1.165, 1.54) is 0 Å². The molecule has 0 aromatic carbocycles. The largest absolute Gasteiger partial charge is 0.352 e. The second-order valence-corrected chi connectivity index (χ2v) is 7.17. The minimum atomic E-state index is -0.160. The molecule has 8 nitrogen and oxygen atoms in total. The SMILES string of the molecule is C=CCn1c(=O)c(N2CCC(NC(=O)NC(C)CC)CC2)nc2cccnc21. The molecule has 1 fully saturated rings. The van der Waals surface area contributed by atoms with Gasteiger partial charge in [-0.15, -0.1) is 6.58 Å². The van der Waals surface area contributed by atoms with Crippen LogP contribution in [0.25, 0.3) is 11.2 Å². The molecule has 3 heterocycles. The summed E-state index contributed by atoms with van der Waals surface area (Å²) in [5, 5.41) is 5.95. The number of carbonyl (C=O) groups is 1. The first-order valence-corrected chi connectivity index (χ1v) is 9.82. The number of hydrogen-bond donors (Lipinski definition) is 2. The highest BCUT2D eigenvalue weighted by molar-refractivity contribution is 5.74. The molecule has 3 rings (SSSR count). The zero-order valence-corrected chi connectivity index (χ0v) is 16.5. The predicted octanol–water partition coefficient (Wildman–Crippen LogP) is 2.04. The molecule has 1 atom stereocenters. The van der Waals surface area contributed by atoms with Crippen molar-refractivity contribution in [2.45, 2.75) is 51.7 Å². The van der Waals surface area contributed by atoms with Crippen LogP contribution in [0.3, 0.4) is 0 Å². The number of nitrogens with zero attached hydrogens (tertiary/aromatic N) is 4. The molecule has 1 aliphatic heterocycles. The third-order valence-corrected chi connectivity index (χ3v) is 5.12. The summed E-state index contributed by atoms with van der Waals surface area (Å²) in [6.07, 6.45) is 5.77. The van der Waals surface area contributed by atoms with Crippen molar-refractivity contribution in [3.05, 3.63) is 41.3 Å². The number of carbonyl (C=O) groups excluding carboxylic acids is 1. The molecular weight excluding hydrogens is 356 g/mol. The zero-order chi connectivity index (χ0) is 20.1. The first kappa shape index (κ1) is 19.9. The fourth-order valence-electron chi connectivity index (χ4n) is 3.36. The Morgan fingerprint density at radius 2 is 2.18 bits per heavy atom. The number of nitrogens with one attached hydrogen (secondary N) is 2. The van der Waals surface area contributed by atoms with Crippen LogP contribution in [0, 0.1) is 0 Å². The molecule has 150 valence electrons. The van der Waals surface area contributed by atoms with Crippen LogP contribution in [0.5, 0.6) is 0 Å². The molecule has 28 heavy (non-hydrogen) atoms. The first-order chi connectivity index (χ1) is 13.5. The van der Waals surface area contributed by atoms with Crippen LogP contribution < -0.4 is 21.1 Å². The summed E-state index contributed by atoms with van der Waals surface area (Å²) in [7, 11) is 0. The van der Waals surface area contributed by atoms with Gasteiger partial charge in [-0.25, -0.2) is 14.8 Å². The fraction of sp³-hybridized carbons (Fsp3) is 0.500. The average Bonchev–Trinajstić information content (AvgIpc) is 2.70. The molecule has 0 bridgehead atoms. The van der Waals surface area contributed by atoms with Crippen LogP contribution in [-0.2, 0) is 6.54 Å². The second-order valence-electron chi connectivity index (χ2n) is 7.17. The van der Waals surface area contributed by atoms with E-state index in [9.17, 15) is 9.59 Å². The number of hydrogen-bond acceptors (Lipinski definition) is 5. The van der Waals surface area contributed by atoms with Gasteiger partial charge >= 0.3 is 6.03 Å². The lowest BCUT2D eigenvalue weighted by Crippen LogP contribution is -2.50. The van der Waals surface area contributed by atoms with Gasteiger partial charge in [0.2, 0.25) is 0 Å². The smallest absolute Gasteiger partial charge is 0.315 e. The van der Waals surface area contributed by atoms with Crippen molar-refractivity contribution >= 4 is 23.0 Å². The average molecular weight is 384 g/mol. The van der Waals surface area contributed by atoms with Crippen LogP contribution in [0.15, 0.2) is 35.8 Å². The Kier molecular flexibility index (Phi) is 6.28. The van der Waals surface area contributed by atoms with Gasteiger partial charge in [0, 0.05) is 37.9 Å². The van der Waals surface area contributed by atoms with E-state index in [1.807, 2.05) is 30.9 Å². The van der Waals surface area contributed by atoms with E-state index in [0.717, 1.165) is 19.3 Å². The molecule has 0 spiro atoms. The highest BCUT2D eigenvalue weighted by Crippen LogP contribution is 2.18. The van der Waals surface area contributed by atoms with E-state index < -0.39 is 0 Å². The topological polar surface area (TPSA) is 92.2 Å².